The molecular weight excluding hydrogens is 194 g/mol. The van der Waals surface area contributed by atoms with E-state index < -0.39 is 0 Å². The van der Waals surface area contributed by atoms with Gasteiger partial charge >= 0.3 is 0 Å². The van der Waals surface area contributed by atoms with Gasteiger partial charge in [0.15, 0.2) is 0 Å². The highest BCUT2D eigenvalue weighted by Gasteiger charge is 2.25. The van der Waals surface area contributed by atoms with Gasteiger partial charge in [-0.2, -0.15) is 11.8 Å². The zero-order chi connectivity index (χ0) is 10.4. The summed E-state index contributed by atoms with van der Waals surface area (Å²) in [5.74, 6) is 2.28. The van der Waals surface area contributed by atoms with Gasteiger partial charge in [-0.3, -0.25) is 4.90 Å². The molecule has 1 rings (SSSR count). The number of aliphatic hydroxyl groups is 1. The molecule has 0 aromatic rings. The van der Waals surface area contributed by atoms with Crippen molar-refractivity contribution in [1.82, 2.24) is 4.90 Å². The van der Waals surface area contributed by atoms with Gasteiger partial charge in [-0.25, -0.2) is 0 Å². The predicted molar refractivity (Wildman–Crippen MR) is 63.8 cm³/mol. The van der Waals surface area contributed by atoms with Crippen LogP contribution < -0.4 is 0 Å². The number of allylic oxidation sites excluding steroid dienone is 1. The summed E-state index contributed by atoms with van der Waals surface area (Å²) in [5, 5.41) is 9.98. The SMILES string of the molecule is C=CCCCC(O)C1CSCCN1C. The molecule has 1 aliphatic rings. The average Bonchev–Trinajstić information content (AvgIpc) is 2.18. The van der Waals surface area contributed by atoms with Crippen LogP contribution in [0.4, 0.5) is 0 Å². The molecule has 0 radical (unpaired) electrons. The lowest BCUT2D eigenvalue weighted by Crippen LogP contribution is -2.46. The molecule has 0 spiro atoms. The maximum Gasteiger partial charge on any atom is 0.0703 e. The Kier molecular flexibility index (Phi) is 5.60. The highest BCUT2D eigenvalue weighted by molar-refractivity contribution is 7.99. The van der Waals surface area contributed by atoms with Crippen LogP contribution in [-0.4, -0.2) is 47.3 Å². The van der Waals surface area contributed by atoms with Crippen molar-refractivity contribution in [3.8, 4) is 0 Å². The predicted octanol–water partition coefficient (Wildman–Crippen LogP) is 1.75. The van der Waals surface area contributed by atoms with E-state index in [0.717, 1.165) is 31.6 Å². The summed E-state index contributed by atoms with van der Waals surface area (Å²) in [4.78, 5) is 2.29. The standard InChI is InChI=1S/C11H21NOS/c1-3-4-5-6-11(13)10-9-14-8-7-12(10)2/h3,10-11,13H,1,4-9H2,2H3. The van der Waals surface area contributed by atoms with Crippen molar-refractivity contribution in [2.24, 2.45) is 0 Å². The van der Waals surface area contributed by atoms with Crippen LogP contribution in [0, 0.1) is 0 Å². The minimum atomic E-state index is -0.159. The Morgan fingerprint density at radius 2 is 2.50 bits per heavy atom. The maximum atomic E-state index is 9.98. The van der Waals surface area contributed by atoms with Crippen LogP contribution >= 0.6 is 11.8 Å². The van der Waals surface area contributed by atoms with E-state index in [2.05, 4.69) is 18.5 Å². The van der Waals surface area contributed by atoms with E-state index in [0.29, 0.717) is 6.04 Å². The van der Waals surface area contributed by atoms with E-state index >= 15 is 0 Å². The second kappa shape index (κ2) is 6.49. The van der Waals surface area contributed by atoms with Gasteiger partial charge in [-0.05, 0) is 26.3 Å². The summed E-state index contributed by atoms with van der Waals surface area (Å²) >= 11 is 1.95. The van der Waals surface area contributed by atoms with Crippen molar-refractivity contribution in [1.29, 1.82) is 0 Å². The molecule has 0 bridgehead atoms. The van der Waals surface area contributed by atoms with E-state index in [9.17, 15) is 5.11 Å². The van der Waals surface area contributed by atoms with Crippen LogP contribution in [0.3, 0.4) is 0 Å². The Morgan fingerprint density at radius 3 is 3.14 bits per heavy atom. The highest BCUT2D eigenvalue weighted by Crippen LogP contribution is 2.19. The molecule has 0 aromatic heterocycles. The van der Waals surface area contributed by atoms with Crippen molar-refractivity contribution < 1.29 is 5.11 Å². The molecule has 1 saturated heterocycles. The number of rotatable bonds is 5. The van der Waals surface area contributed by atoms with Gasteiger partial charge in [0, 0.05) is 24.1 Å². The van der Waals surface area contributed by atoms with Crippen LogP contribution in [0.5, 0.6) is 0 Å². The topological polar surface area (TPSA) is 23.5 Å². The minimum Gasteiger partial charge on any atom is -0.391 e. The number of aliphatic hydroxyl groups excluding tert-OH is 1. The molecule has 3 heteroatoms. The lowest BCUT2D eigenvalue weighted by atomic mass is 10.0. The third-order valence-corrected chi connectivity index (χ3v) is 3.84. The van der Waals surface area contributed by atoms with Crippen molar-refractivity contribution in [3.63, 3.8) is 0 Å². The summed E-state index contributed by atoms with van der Waals surface area (Å²) in [7, 11) is 2.11. The maximum absolute atomic E-state index is 9.98. The Bertz CT molecular complexity index is 175. The van der Waals surface area contributed by atoms with Gasteiger partial charge in [0.1, 0.15) is 0 Å². The van der Waals surface area contributed by atoms with Crippen LogP contribution in [0.1, 0.15) is 19.3 Å². The Labute approximate surface area is 91.4 Å². The van der Waals surface area contributed by atoms with Crippen molar-refractivity contribution >= 4 is 11.8 Å². The monoisotopic (exact) mass is 215 g/mol. The fraction of sp³-hybridized carbons (Fsp3) is 0.818. The zero-order valence-electron chi connectivity index (χ0n) is 8.98. The molecule has 0 aromatic carbocycles. The number of hydrogen-bond donors (Lipinski definition) is 1. The summed E-state index contributed by atoms with van der Waals surface area (Å²) in [6, 6.07) is 0.360. The molecule has 14 heavy (non-hydrogen) atoms. The molecule has 82 valence electrons. The molecule has 0 saturated carbocycles. The first-order chi connectivity index (χ1) is 6.75. The molecule has 1 heterocycles. The van der Waals surface area contributed by atoms with Crippen LogP contribution in [0.25, 0.3) is 0 Å². The second-order valence-corrected chi connectivity index (χ2v) is 5.06. The summed E-state index contributed by atoms with van der Waals surface area (Å²) in [6.07, 6.45) is 4.74. The lowest BCUT2D eigenvalue weighted by molar-refractivity contribution is 0.0681. The van der Waals surface area contributed by atoms with Crippen molar-refractivity contribution in [2.45, 2.75) is 31.4 Å². The van der Waals surface area contributed by atoms with Gasteiger partial charge in [0.05, 0.1) is 6.10 Å². The van der Waals surface area contributed by atoms with E-state index in [1.54, 1.807) is 0 Å². The molecule has 0 aliphatic carbocycles. The third kappa shape index (κ3) is 3.64. The quantitative estimate of drug-likeness (QED) is 0.558. The van der Waals surface area contributed by atoms with E-state index in [-0.39, 0.29) is 6.10 Å². The van der Waals surface area contributed by atoms with E-state index in [1.807, 2.05) is 17.8 Å². The first-order valence-corrected chi connectivity index (χ1v) is 6.48. The first kappa shape index (κ1) is 12.1. The largest absolute Gasteiger partial charge is 0.391 e. The molecular formula is C11H21NOS. The van der Waals surface area contributed by atoms with Gasteiger partial charge in [0.25, 0.3) is 0 Å². The van der Waals surface area contributed by atoms with Crippen molar-refractivity contribution in [3.05, 3.63) is 12.7 Å². The minimum absolute atomic E-state index is 0.159. The van der Waals surface area contributed by atoms with Crippen LogP contribution in [0.15, 0.2) is 12.7 Å². The zero-order valence-corrected chi connectivity index (χ0v) is 9.80. The Hall–Kier alpha value is 0.01000. The summed E-state index contributed by atoms with van der Waals surface area (Å²) in [5.41, 5.74) is 0. The summed E-state index contributed by atoms with van der Waals surface area (Å²) < 4.78 is 0. The van der Waals surface area contributed by atoms with Gasteiger partial charge < -0.3 is 5.11 Å². The average molecular weight is 215 g/mol. The second-order valence-electron chi connectivity index (χ2n) is 3.91. The fourth-order valence-corrected chi connectivity index (χ4v) is 3.08. The molecule has 2 atom stereocenters. The molecule has 1 N–H and O–H groups in total. The van der Waals surface area contributed by atoms with Crippen LogP contribution in [-0.2, 0) is 0 Å². The molecule has 1 fully saturated rings. The summed E-state index contributed by atoms with van der Waals surface area (Å²) in [6.45, 7) is 4.79. The Balaban J connectivity index is 2.26. The Morgan fingerprint density at radius 1 is 1.71 bits per heavy atom. The number of hydrogen-bond acceptors (Lipinski definition) is 3. The number of nitrogens with zero attached hydrogens (tertiary/aromatic N) is 1. The molecule has 1 aliphatic heterocycles. The number of thioether (sulfide) groups is 1. The smallest absolute Gasteiger partial charge is 0.0703 e. The molecule has 0 amide bonds. The first-order valence-electron chi connectivity index (χ1n) is 5.32. The molecule has 2 unspecified atom stereocenters. The number of likely N-dealkylation sites (N-methyl/N-ethyl adjacent to an activating group) is 1. The van der Waals surface area contributed by atoms with Gasteiger partial charge in [-0.1, -0.05) is 6.08 Å². The van der Waals surface area contributed by atoms with Gasteiger partial charge in [-0.15, -0.1) is 6.58 Å². The third-order valence-electron chi connectivity index (χ3n) is 2.80. The highest BCUT2D eigenvalue weighted by atomic mass is 32.2. The lowest BCUT2D eigenvalue weighted by Gasteiger charge is -2.35. The van der Waals surface area contributed by atoms with Crippen molar-refractivity contribution in [2.75, 3.05) is 25.1 Å². The molecule has 2 nitrogen and oxygen atoms in total. The van der Waals surface area contributed by atoms with Crippen LogP contribution in [0.2, 0.25) is 0 Å². The number of unbranched alkanes of at least 4 members (excludes halogenated alkanes) is 1. The van der Waals surface area contributed by atoms with Gasteiger partial charge in [0.2, 0.25) is 0 Å². The van der Waals surface area contributed by atoms with E-state index in [1.165, 1.54) is 5.75 Å². The fourth-order valence-electron chi connectivity index (χ4n) is 1.77. The normalized spacial score (nSPS) is 26.0. The van der Waals surface area contributed by atoms with E-state index in [4.69, 9.17) is 0 Å².